The van der Waals surface area contributed by atoms with Crippen LogP contribution < -0.4 is 5.32 Å². The Bertz CT molecular complexity index is 151. The van der Waals surface area contributed by atoms with Crippen LogP contribution in [0.5, 0.6) is 0 Å². The lowest BCUT2D eigenvalue weighted by Gasteiger charge is -2.19. The van der Waals surface area contributed by atoms with E-state index in [1.54, 1.807) is 7.11 Å². The van der Waals surface area contributed by atoms with Gasteiger partial charge >= 0.3 is 0 Å². The monoisotopic (exact) mass is 245 g/mol. The van der Waals surface area contributed by atoms with Crippen molar-refractivity contribution in [1.29, 1.82) is 0 Å². The zero-order chi connectivity index (χ0) is 12.9. The molecule has 0 heterocycles. The van der Waals surface area contributed by atoms with Gasteiger partial charge in [0.2, 0.25) is 0 Å². The summed E-state index contributed by atoms with van der Waals surface area (Å²) < 4.78 is 10.5. The molecule has 0 aliphatic rings. The summed E-state index contributed by atoms with van der Waals surface area (Å²) in [5.41, 5.74) is 0. The molecular formula is C14H31NO2. The first-order valence-corrected chi connectivity index (χ1v) is 6.98. The van der Waals surface area contributed by atoms with Gasteiger partial charge in [0.1, 0.15) is 0 Å². The Morgan fingerprint density at radius 2 is 1.88 bits per heavy atom. The van der Waals surface area contributed by atoms with Crippen molar-refractivity contribution in [1.82, 2.24) is 5.32 Å². The minimum Gasteiger partial charge on any atom is -0.382 e. The summed E-state index contributed by atoms with van der Waals surface area (Å²) in [7, 11) is 1.71. The highest BCUT2D eigenvalue weighted by molar-refractivity contribution is 4.64. The minimum absolute atomic E-state index is 0.697. The fourth-order valence-electron chi connectivity index (χ4n) is 1.95. The first-order valence-electron chi connectivity index (χ1n) is 6.98. The third-order valence-corrected chi connectivity index (χ3v) is 2.77. The van der Waals surface area contributed by atoms with Crippen molar-refractivity contribution in [3.05, 3.63) is 0 Å². The maximum absolute atomic E-state index is 5.54. The van der Waals surface area contributed by atoms with Crippen LogP contribution in [0.4, 0.5) is 0 Å². The predicted octanol–water partition coefficient (Wildman–Crippen LogP) is 2.70. The first-order chi connectivity index (χ1) is 8.20. The Hall–Kier alpha value is -0.120. The number of methoxy groups -OCH3 is 1. The quantitative estimate of drug-likeness (QED) is 0.536. The van der Waals surface area contributed by atoms with E-state index >= 15 is 0 Å². The number of ether oxygens (including phenoxy) is 2. The van der Waals surface area contributed by atoms with Crippen LogP contribution in [0.2, 0.25) is 0 Å². The molecule has 3 heteroatoms. The van der Waals surface area contributed by atoms with Crippen LogP contribution >= 0.6 is 0 Å². The number of rotatable bonds is 12. The van der Waals surface area contributed by atoms with Crippen LogP contribution in [-0.4, -0.2) is 40.0 Å². The van der Waals surface area contributed by atoms with E-state index in [1.807, 2.05) is 0 Å². The average Bonchev–Trinajstić information content (AvgIpc) is 2.28. The van der Waals surface area contributed by atoms with Crippen LogP contribution in [0, 0.1) is 11.8 Å². The van der Waals surface area contributed by atoms with Gasteiger partial charge in [-0.25, -0.2) is 0 Å². The van der Waals surface area contributed by atoms with Crippen LogP contribution in [0.1, 0.15) is 40.0 Å². The molecule has 0 bridgehead atoms. The molecule has 104 valence electrons. The van der Waals surface area contributed by atoms with Gasteiger partial charge in [-0.2, -0.15) is 0 Å². The zero-order valence-corrected chi connectivity index (χ0v) is 12.1. The summed E-state index contributed by atoms with van der Waals surface area (Å²) >= 11 is 0. The summed E-state index contributed by atoms with van der Waals surface area (Å²) in [4.78, 5) is 0. The van der Waals surface area contributed by atoms with Gasteiger partial charge in [-0.3, -0.25) is 0 Å². The maximum atomic E-state index is 5.54. The molecule has 1 unspecified atom stereocenters. The van der Waals surface area contributed by atoms with Gasteiger partial charge in [-0.1, -0.05) is 20.8 Å². The van der Waals surface area contributed by atoms with Gasteiger partial charge in [0.25, 0.3) is 0 Å². The summed E-state index contributed by atoms with van der Waals surface area (Å²) in [6, 6.07) is 0. The Balaban J connectivity index is 3.61. The molecule has 1 N–H and O–H groups in total. The van der Waals surface area contributed by atoms with Crippen molar-refractivity contribution in [3.63, 3.8) is 0 Å². The average molecular weight is 245 g/mol. The molecule has 17 heavy (non-hydrogen) atoms. The highest BCUT2D eigenvalue weighted by atomic mass is 16.5. The van der Waals surface area contributed by atoms with Crippen LogP contribution in [0.3, 0.4) is 0 Å². The van der Waals surface area contributed by atoms with Gasteiger partial charge < -0.3 is 14.8 Å². The minimum atomic E-state index is 0.697. The molecule has 0 aromatic carbocycles. The summed E-state index contributed by atoms with van der Waals surface area (Å²) in [6.07, 6.45) is 3.64. The fraction of sp³-hybridized carbons (Fsp3) is 1.00. The van der Waals surface area contributed by atoms with Crippen molar-refractivity contribution in [3.8, 4) is 0 Å². The first kappa shape index (κ1) is 16.9. The normalized spacial score (nSPS) is 13.2. The summed E-state index contributed by atoms with van der Waals surface area (Å²) in [5.74, 6) is 1.51. The Kier molecular flexibility index (Phi) is 12.3. The predicted molar refractivity (Wildman–Crippen MR) is 73.4 cm³/mol. The maximum Gasteiger partial charge on any atom is 0.0700 e. The standard InChI is InChI=1S/C14H31NO2/c1-5-7-15-12-14(11-13(2)3)6-8-17-10-9-16-4/h13-15H,5-12H2,1-4H3. The van der Waals surface area contributed by atoms with Crippen molar-refractivity contribution < 1.29 is 9.47 Å². The molecule has 0 aromatic rings. The molecule has 0 aromatic heterocycles. The van der Waals surface area contributed by atoms with E-state index in [0.29, 0.717) is 13.2 Å². The Labute approximate surface area is 107 Å². The largest absolute Gasteiger partial charge is 0.382 e. The number of hydrogen-bond acceptors (Lipinski definition) is 3. The second-order valence-electron chi connectivity index (χ2n) is 5.09. The third kappa shape index (κ3) is 12.1. The van der Waals surface area contributed by atoms with E-state index in [2.05, 4.69) is 26.1 Å². The molecule has 0 aliphatic heterocycles. The van der Waals surface area contributed by atoms with Crippen molar-refractivity contribution in [2.24, 2.45) is 11.8 Å². The van der Waals surface area contributed by atoms with Crippen LogP contribution in [0.15, 0.2) is 0 Å². The molecule has 0 saturated carbocycles. The molecule has 0 rings (SSSR count). The summed E-state index contributed by atoms with van der Waals surface area (Å²) in [6.45, 7) is 11.3. The molecule has 0 spiro atoms. The Morgan fingerprint density at radius 1 is 1.12 bits per heavy atom. The number of nitrogens with one attached hydrogen (secondary N) is 1. The highest BCUT2D eigenvalue weighted by Gasteiger charge is 2.10. The second kappa shape index (κ2) is 12.3. The van der Waals surface area contributed by atoms with Crippen molar-refractivity contribution in [2.45, 2.75) is 40.0 Å². The van der Waals surface area contributed by atoms with Gasteiger partial charge in [-0.05, 0) is 44.2 Å². The summed E-state index contributed by atoms with van der Waals surface area (Å²) in [5, 5.41) is 3.51. The topological polar surface area (TPSA) is 30.5 Å². The van der Waals surface area contributed by atoms with E-state index in [-0.39, 0.29) is 0 Å². The van der Waals surface area contributed by atoms with Gasteiger partial charge in [-0.15, -0.1) is 0 Å². The molecule has 0 fully saturated rings. The van der Waals surface area contributed by atoms with Crippen molar-refractivity contribution in [2.75, 3.05) is 40.0 Å². The third-order valence-electron chi connectivity index (χ3n) is 2.77. The lowest BCUT2D eigenvalue weighted by molar-refractivity contribution is 0.0623. The lowest BCUT2D eigenvalue weighted by atomic mass is 9.94. The second-order valence-corrected chi connectivity index (χ2v) is 5.09. The molecule has 1 atom stereocenters. The SMILES string of the molecule is CCCNCC(CCOCCOC)CC(C)C. The van der Waals surface area contributed by atoms with Crippen LogP contribution in [-0.2, 0) is 9.47 Å². The van der Waals surface area contributed by atoms with E-state index in [0.717, 1.165) is 38.0 Å². The fourth-order valence-corrected chi connectivity index (χ4v) is 1.95. The van der Waals surface area contributed by atoms with E-state index < -0.39 is 0 Å². The van der Waals surface area contributed by atoms with E-state index in [9.17, 15) is 0 Å². The molecular weight excluding hydrogens is 214 g/mol. The lowest BCUT2D eigenvalue weighted by Crippen LogP contribution is -2.25. The molecule has 0 aliphatic carbocycles. The van der Waals surface area contributed by atoms with E-state index in [1.165, 1.54) is 12.8 Å². The molecule has 3 nitrogen and oxygen atoms in total. The number of hydrogen-bond donors (Lipinski definition) is 1. The Morgan fingerprint density at radius 3 is 2.47 bits per heavy atom. The van der Waals surface area contributed by atoms with Gasteiger partial charge in [0, 0.05) is 13.7 Å². The molecule has 0 radical (unpaired) electrons. The highest BCUT2D eigenvalue weighted by Crippen LogP contribution is 2.14. The van der Waals surface area contributed by atoms with Crippen molar-refractivity contribution >= 4 is 0 Å². The van der Waals surface area contributed by atoms with Crippen LogP contribution in [0.25, 0.3) is 0 Å². The zero-order valence-electron chi connectivity index (χ0n) is 12.1. The van der Waals surface area contributed by atoms with Gasteiger partial charge in [0.05, 0.1) is 13.2 Å². The molecule has 0 saturated heterocycles. The van der Waals surface area contributed by atoms with E-state index in [4.69, 9.17) is 9.47 Å². The smallest absolute Gasteiger partial charge is 0.0700 e. The van der Waals surface area contributed by atoms with Gasteiger partial charge in [0.15, 0.2) is 0 Å². The molecule has 0 amide bonds.